The summed E-state index contributed by atoms with van der Waals surface area (Å²) >= 11 is 0. The van der Waals surface area contributed by atoms with Crippen LogP contribution in [0.25, 0.3) is 17.1 Å². The number of aliphatic carboxylic acids is 1. The molecule has 0 aliphatic heterocycles. The smallest absolute Gasteiger partial charge is 0.328 e. The zero-order chi connectivity index (χ0) is 16.1. The number of aromatic nitrogens is 2. The average molecular weight is 299 g/mol. The van der Waals surface area contributed by atoms with Crippen molar-refractivity contribution < 1.29 is 9.90 Å². The fraction of sp³-hybridized carbons (Fsp3) is 0.294. The monoisotopic (exact) mass is 299 g/mol. The zero-order valence-electron chi connectivity index (χ0n) is 12.9. The second kappa shape index (κ2) is 7.04. The van der Waals surface area contributed by atoms with Crippen molar-refractivity contribution in [1.82, 2.24) is 15.3 Å². The second-order valence-corrected chi connectivity index (χ2v) is 5.36. The molecular formula is C17H21N3O2. The highest BCUT2D eigenvalue weighted by molar-refractivity contribution is 5.86. The van der Waals surface area contributed by atoms with Crippen molar-refractivity contribution in [1.29, 1.82) is 0 Å². The average Bonchev–Trinajstić information content (AvgIpc) is 2.87. The summed E-state index contributed by atoms with van der Waals surface area (Å²) in [5.74, 6) is 0.120. The van der Waals surface area contributed by atoms with Gasteiger partial charge in [0.25, 0.3) is 0 Å². The van der Waals surface area contributed by atoms with Gasteiger partial charge in [0.2, 0.25) is 0 Å². The van der Waals surface area contributed by atoms with Crippen LogP contribution in [-0.2, 0) is 4.79 Å². The van der Waals surface area contributed by atoms with E-state index >= 15 is 0 Å². The maximum atomic E-state index is 10.6. The molecule has 5 nitrogen and oxygen atoms in total. The third-order valence-electron chi connectivity index (χ3n) is 3.55. The van der Waals surface area contributed by atoms with Crippen LogP contribution in [0.4, 0.5) is 0 Å². The second-order valence-electron chi connectivity index (χ2n) is 5.36. The van der Waals surface area contributed by atoms with Gasteiger partial charge in [-0.25, -0.2) is 9.78 Å². The topological polar surface area (TPSA) is 78.0 Å². The zero-order valence-corrected chi connectivity index (χ0v) is 12.9. The van der Waals surface area contributed by atoms with Gasteiger partial charge in [0.05, 0.1) is 11.0 Å². The van der Waals surface area contributed by atoms with Gasteiger partial charge < -0.3 is 15.4 Å². The van der Waals surface area contributed by atoms with Gasteiger partial charge >= 0.3 is 5.97 Å². The van der Waals surface area contributed by atoms with E-state index < -0.39 is 5.97 Å². The number of hydrogen-bond donors (Lipinski definition) is 3. The summed E-state index contributed by atoms with van der Waals surface area (Å²) in [7, 11) is 1.93. The maximum Gasteiger partial charge on any atom is 0.328 e. The summed E-state index contributed by atoms with van der Waals surface area (Å²) in [5.41, 5.74) is 3.67. The van der Waals surface area contributed by atoms with Crippen LogP contribution in [0, 0.1) is 0 Å². The van der Waals surface area contributed by atoms with Crippen molar-refractivity contribution in [2.24, 2.45) is 0 Å². The number of carboxylic acids is 1. The Kier molecular flexibility index (Phi) is 5.12. The molecule has 0 radical (unpaired) electrons. The van der Waals surface area contributed by atoms with Gasteiger partial charge in [-0.3, -0.25) is 0 Å². The van der Waals surface area contributed by atoms with Crippen molar-refractivity contribution >= 4 is 23.1 Å². The molecule has 1 aromatic carbocycles. The van der Waals surface area contributed by atoms with Gasteiger partial charge in [-0.05, 0) is 50.7 Å². The van der Waals surface area contributed by atoms with E-state index in [0.717, 1.165) is 47.0 Å². The predicted octanol–water partition coefficient (Wildman–Crippen LogP) is 2.93. The number of carboxylic acid groups (broad SMARTS) is 1. The van der Waals surface area contributed by atoms with E-state index in [0.29, 0.717) is 0 Å². The molecule has 1 atom stereocenters. The molecular weight excluding hydrogens is 278 g/mol. The Balaban J connectivity index is 2.32. The summed E-state index contributed by atoms with van der Waals surface area (Å²) in [6, 6.07) is 5.65. The standard InChI is InChI=1S/C17H21N3O2/c1-11(2)13(8-9-18-3)17-19-14-6-4-12(5-7-16(21)22)10-15(14)20-17/h4-7,10,13,18H,1,8-9H2,2-3H3,(H,19,20)(H,21,22)/b7-5+/t13-/m0/s1. The minimum atomic E-state index is -0.959. The number of rotatable bonds is 7. The fourth-order valence-corrected chi connectivity index (χ4v) is 2.39. The molecule has 3 N–H and O–H groups in total. The Morgan fingerprint density at radius 3 is 2.95 bits per heavy atom. The maximum absolute atomic E-state index is 10.6. The molecule has 1 heterocycles. The molecule has 0 spiro atoms. The largest absolute Gasteiger partial charge is 0.478 e. The van der Waals surface area contributed by atoms with Crippen LogP contribution in [0.1, 0.15) is 30.7 Å². The first-order valence-corrected chi connectivity index (χ1v) is 7.22. The Morgan fingerprint density at radius 1 is 1.55 bits per heavy atom. The van der Waals surface area contributed by atoms with Gasteiger partial charge in [0.15, 0.2) is 0 Å². The fourth-order valence-electron chi connectivity index (χ4n) is 2.39. The van der Waals surface area contributed by atoms with Crippen molar-refractivity contribution in [3.63, 3.8) is 0 Å². The van der Waals surface area contributed by atoms with Crippen LogP contribution in [-0.4, -0.2) is 34.6 Å². The molecule has 0 aliphatic carbocycles. The predicted molar refractivity (Wildman–Crippen MR) is 88.9 cm³/mol. The SMILES string of the molecule is C=C(C)[C@H](CCNC)c1nc2ccc(/C=C/C(=O)O)cc2[nH]1. The number of carbonyl (C=O) groups is 1. The molecule has 0 amide bonds. The Bertz CT molecular complexity index is 716. The van der Waals surface area contributed by atoms with Crippen molar-refractivity contribution in [2.45, 2.75) is 19.3 Å². The number of aromatic amines is 1. The van der Waals surface area contributed by atoms with E-state index in [4.69, 9.17) is 5.11 Å². The molecule has 0 unspecified atom stereocenters. The van der Waals surface area contributed by atoms with Crippen molar-refractivity contribution in [3.8, 4) is 0 Å². The molecule has 116 valence electrons. The van der Waals surface area contributed by atoms with E-state index in [1.54, 1.807) is 6.08 Å². The molecule has 0 saturated heterocycles. The number of benzene rings is 1. The van der Waals surface area contributed by atoms with Crippen molar-refractivity contribution in [2.75, 3.05) is 13.6 Å². The summed E-state index contributed by atoms with van der Waals surface area (Å²) in [5, 5.41) is 11.8. The van der Waals surface area contributed by atoms with Crippen LogP contribution in [0.15, 0.2) is 36.4 Å². The first-order chi connectivity index (χ1) is 10.5. The number of H-pyrrole nitrogens is 1. The van der Waals surface area contributed by atoms with E-state index in [-0.39, 0.29) is 5.92 Å². The highest BCUT2D eigenvalue weighted by Crippen LogP contribution is 2.26. The lowest BCUT2D eigenvalue weighted by atomic mass is 9.97. The molecule has 2 rings (SSSR count). The Morgan fingerprint density at radius 2 is 2.32 bits per heavy atom. The minimum absolute atomic E-state index is 0.179. The van der Waals surface area contributed by atoms with Gasteiger partial charge in [0.1, 0.15) is 5.82 Å². The number of fused-ring (bicyclic) bond motifs is 1. The molecule has 5 heteroatoms. The highest BCUT2D eigenvalue weighted by atomic mass is 16.4. The van der Waals surface area contributed by atoms with Crippen LogP contribution in [0.3, 0.4) is 0 Å². The molecule has 1 aromatic heterocycles. The lowest BCUT2D eigenvalue weighted by Gasteiger charge is -2.13. The number of hydrogen-bond acceptors (Lipinski definition) is 3. The summed E-state index contributed by atoms with van der Waals surface area (Å²) in [6.45, 7) is 6.96. The molecule has 0 bridgehead atoms. The first kappa shape index (κ1) is 16.0. The molecule has 0 aliphatic rings. The minimum Gasteiger partial charge on any atom is -0.478 e. The lowest BCUT2D eigenvalue weighted by molar-refractivity contribution is -0.131. The van der Waals surface area contributed by atoms with Crippen LogP contribution >= 0.6 is 0 Å². The van der Waals surface area contributed by atoms with Crippen molar-refractivity contribution in [3.05, 3.63) is 47.8 Å². The molecule has 0 fully saturated rings. The van der Waals surface area contributed by atoms with E-state index in [1.165, 1.54) is 0 Å². The van der Waals surface area contributed by atoms with Gasteiger partial charge in [-0.2, -0.15) is 0 Å². The number of imidazole rings is 1. The number of nitrogens with one attached hydrogen (secondary N) is 2. The van der Waals surface area contributed by atoms with Gasteiger partial charge in [-0.15, -0.1) is 0 Å². The Labute approximate surface area is 129 Å². The van der Waals surface area contributed by atoms with Crippen LogP contribution in [0.2, 0.25) is 0 Å². The third kappa shape index (κ3) is 3.83. The van der Waals surface area contributed by atoms with Crippen LogP contribution < -0.4 is 5.32 Å². The lowest BCUT2D eigenvalue weighted by Crippen LogP contribution is -2.13. The number of nitrogens with zero attached hydrogens (tertiary/aromatic N) is 1. The van der Waals surface area contributed by atoms with E-state index in [2.05, 4.69) is 21.9 Å². The summed E-state index contributed by atoms with van der Waals surface area (Å²) in [4.78, 5) is 18.6. The highest BCUT2D eigenvalue weighted by Gasteiger charge is 2.16. The van der Waals surface area contributed by atoms with Gasteiger partial charge in [0, 0.05) is 12.0 Å². The molecule has 0 saturated carbocycles. The van der Waals surface area contributed by atoms with E-state index in [9.17, 15) is 4.79 Å². The summed E-state index contributed by atoms with van der Waals surface area (Å²) < 4.78 is 0. The molecule has 22 heavy (non-hydrogen) atoms. The normalized spacial score (nSPS) is 12.8. The summed E-state index contributed by atoms with van der Waals surface area (Å²) in [6.07, 6.45) is 3.62. The number of allylic oxidation sites excluding steroid dienone is 1. The Hall–Kier alpha value is -2.40. The third-order valence-corrected chi connectivity index (χ3v) is 3.55. The van der Waals surface area contributed by atoms with Crippen LogP contribution in [0.5, 0.6) is 0 Å². The van der Waals surface area contributed by atoms with Gasteiger partial charge in [-0.1, -0.05) is 18.2 Å². The molecule has 2 aromatic rings. The first-order valence-electron chi connectivity index (χ1n) is 7.22. The van der Waals surface area contributed by atoms with E-state index in [1.807, 2.05) is 32.2 Å². The quantitative estimate of drug-likeness (QED) is 0.542.